The number of rotatable bonds is 5. The van der Waals surface area contributed by atoms with Crippen LogP contribution in [0.15, 0.2) is 36.4 Å². The summed E-state index contributed by atoms with van der Waals surface area (Å²) in [5.41, 5.74) is 0.543. The van der Waals surface area contributed by atoms with Crippen molar-refractivity contribution < 1.29 is 22.7 Å². The topological polar surface area (TPSA) is 38.3 Å². The fourth-order valence-corrected chi connectivity index (χ4v) is 2.12. The maximum absolute atomic E-state index is 12.0. The first-order valence-corrected chi connectivity index (χ1v) is 6.68. The van der Waals surface area contributed by atoms with Crippen molar-refractivity contribution in [1.82, 2.24) is 0 Å². The number of carbonyl (C=O) groups is 1. The molecule has 0 radical (unpaired) electrons. The molecule has 1 atom stereocenters. The molecule has 0 heterocycles. The molecule has 0 bridgehead atoms. The van der Waals surface area contributed by atoms with Gasteiger partial charge < -0.3 is 10.1 Å². The Bertz CT molecular complexity index is 509. The monoisotopic (exact) mass is 299 g/mol. The fourth-order valence-electron chi connectivity index (χ4n) is 2.12. The number of ether oxygens (including phenoxy) is 1. The molecule has 0 aliphatic heterocycles. The van der Waals surface area contributed by atoms with Gasteiger partial charge in [0, 0.05) is 12.1 Å². The molecule has 1 N–H and O–H groups in total. The summed E-state index contributed by atoms with van der Waals surface area (Å²) in [4.78, 5) is 11.8. The molecule has 1 aliphatic rings. The summed E-state index contributed by atoms with van der Waals surface area (Å²) in [7, 11) is 0. The van der Waals surface area contributed by atoms with Crippen molar-refractivity contribution in [1.29, 1.82) is 0 Å². The van der Waals surface area contributed by atoms with Crippen LogP contribution in [0.3, 0.4) is 0 Å². The van der Waals surface area contributed by atoms with Gasteiger partial charge in [-0.25, -0.2) is 0 Å². The van der Waals surface area contributed by atoms with E-state index in [1.165, 1.54) is 24.3 Å². The molecule has 114 valence electrons. The van der Waals surface area contributed by atoms with E-state index in [0.717, 1.165) is 12.8 Å². The molecule has 0 fully saturated rings. The SMILES string of the molecule is O=C(CC1C=CCC1)Nc1ccc(OCC(F)(F)F)cc1. The smallest absolute Gasteiger partial charge is 0.422 e. The Morgan fingerprint density at radius 3 is 2.57 bits per heavy atom. The summed E-state index contributed by atoms with van der Waals surface area (Å²) in [5.74, 6) is 0.291. The highest BCUT2D eigenvalue weighted by Crippen LogP contribution is 2.22. The molecule has 2 rings (SSSR count). The lowest BCUT2D eigenvalue weighted by Crippen LogP contribution is -2.19. The van der Waals surface area contributed by atoms with E-state index in [1.54, 1.807) is 0 Å². The van der Waals surface area contributed by atoms with E-state index < -0.39 is 12.8 Å². The molecule has 0 saturated carbocycles. The average Bonchev–Trinajstić information content (AvgIpc) is 2.89. The van der Waals surface area contributed by atoms with Crippen LogP contribution in [0.25, 0.3) is 0 Å². The normalized spacial score (nSPS) is 17.8. The highest BCUT2D eigenvalue weighted by Gasteiger charge is 2.28. The van der Waals surface area contributed by atoms with Gasteiger partial charge in [-0.2, -0.15) is 13.2 Å². The van der Waals surface area contributed by atoms with E-state index in [9.17, 15) is 18.0 Å². The van der Waals surface area contributed by atoms with Gasteiger partial charge in [-0.1, -0.05) is 12.2 Å². The van der Waals surface area contributed by atoms with Gasteiger partial charge in [0.15, 0.2) is 6.61 Å². The molecule has 21 heavy (non-hydrogen) atoms. The zero-order valence-electron chi connectivity index (χ0n) is 11.3. The van der Waals surface area contributed by atoms with Crippen molar-refractivity contribution in [3.63, 3.8) is 0 Å². The highest BCUT2D eigenvalue weighted by molar-refractivity contribution is 5.91. The van der Waals surface area contributed by atoms with E-state index >= 15 is 0 Å². The van der Waals surface area contributed by atoms with Crippen LogP contribution in [0.4, 0.5) is 18.9 Å². The lowest BCUT2D eigenvalue weighted by atomic mass is 10.1. The summed E-state index contributed by atoms with van der Waals surface area (Å²) >= 11 is 0. The standard InChI is InChI=1S/C15H16F3NO2/c16-15(17,18)10-21-13-7-5-12(6-8-13)19-14(20)9-11-3-1-2-4-11/h1,3,5-8,11H,2,4,9-10H2,(H,19,20). The molecule has 1 amide bonds. The van der Waals surface area contributed by atoms with Gasteiger partial charge in [0.1, 0.15) is 5.75 Å². The minimum Gasteiger partial charge on any atom is -0.484 e. The lowest BCUT2D eigenvalue weighted by Gasteiger charge is -2.11. The third-order valence-electron chi connectivity index (χ3n) is 3.10. The zero-order valence-corrected chi connectivity index (χ0v) is 11.3. The van der Waals surface area contributed by atoms with Crippen molar-refractivity contribution in [2.45, 2.75) is 25.4 Å². The van der Waals surface area contributed by atoms with Gasteiger partial charge in [-0.05, 0) is 43.0 Å². The van der Waals surface area contributed by atoms with Crippen LogP contribution in [-0.4, -0.2) is 18.7 Å². The third-order valence-corrected chi connectivity index (χ3v) is 3.10. The second kappa shape index (κ2) is 6.65. The molecule has 1 aromatic carbocycles. The van der Waals surface area contributed by atoms with E-state index in [0.29, 0.717) is 12.1 Å². The van der Waals surface area contributed by atoms with Crippen molar-refractivity contribution in [3.8, 4) is 5.75 Å². The van der Waals surface area contributed by atoms with E-state index in [-0.39, 0.29) is 17.6 Å². The number of carbonyl (C=O) groups excluding carboxylic acids is 1. The second-order valence-electron chi connectivity index (χ2n) is 4.95. The Kier molecular flexibility index (Phi) is 4.88. The van der Waals surface area contributed by atoms with Crippen LogP contribution >= 0.6 is 0 Å². The van der Waals surface area contributed by atoms with Crippen LogP contribution in [0.1, 0.15) is 19.3 Å². The van der Waals surface area contributed by atoms with Crippen LogP contribution in [0.5, 0.6) is 5.75 Å². The van der Waals surface area contributed by atoms with Crippen LogP contribution < -0.4 is 10.1 Å². The Hall–Kier alpha value is -1.98. The largest absolute Gasteiger partial charge is 0.484 e. The van der Waals surface area contributed by atoms with Crippen LogP contribution in [0.2, 0.25) is 0 Å². The van der Waals surface area contributed by atoms with E-state index in [2.05, 4.69) is 16.1 Å². The highest BCUT2D eigenvalue weighted by atomic mass is 19.4. The first-order valence-electron chi connectivity index (χ1n) is 6.68. The second-order valence-corrected chi connectivity index (χ2v) is 4.95. The lowest BCUT2D eigenvalue weighted by molar-refractivity contribution is -0.153. The van der Waals surface area contributed by atoms with E-state index in [4.69, 9.17) is 0 Å². The number of nitrogens with one attached hydrogen (secondary N) is 1. The minimum absolute atomic E-state index is 0.101. The molecule has 1 aromatic rings. The number of halogens is 3. The van der Waals surface area contributed by atoms with Crippen molar-refractivity contribution in [3.05, 3.63) is 36.4 Å². The summed E-state index contributed by atoms with van der Waals surface area (Å²) in [6.45, 7) is -1.33. The van der Waals surface area contributed by atoms with Gasteiger partial charge in [0.2, 0.25) is 5.91 Å². The molecule has 0 aromatic heterocycles. The summed E-state index contributed by atoms with van der Waals surface area (Å²) in [5, 5.41) is 2.72. The summed E-state index contributed by atoms with van der Waals surface area (Å²) in [6.07, 6.45) is 2.14. The molecular formula is C15H16F3NO2. The number of hydrogen-bond acceptors (Lipinski definition) is 2. The maximum atomic E-state index is 12.0. The number of alkyl halides is 3. The van der Waals surface area contributed by atoms with Gasteiger partial charge in [-0.15, -0.1) is 0 Å². The molecule has 6 heteroatoms. The Morgan fingerprint density at radius 2 is 2.00 bits per heavy atom. The van der Waals surface area contributed by atoms with Crippen LogP contribution in [0, 0.1) is 5.92 Å². The molecular weight excluding hydrogens is 283 g/mol. The number of allylic oxidation sites excluding steroid dienone is 2. The van der Waals surface area contributed by atoms with Gasteiger partial charge in [-0.3, -0.25) is 4.79 Å². The molecule has 1 aliphatic carbocycles. The number of benzene rings is 1. The maximum Gasteiger partial charge on any atom is 0.422 e. The third kappa shape index (κ3) is 5.49. The van der Waals surface area contributed by atoms with Crippen molar-refractivity contribution in [2.24, 2.45) is 5.92 Å². The Labute approximate surface area is 120 Å². The molecule has 0 saturated heterocycles. The quantitative estimate of drug-likeness (QED) is 0.837. The van der Waals surface area contributed by atoms with Crippen molar-refractivity contribution in [2.75, 3.05) is 11.9 Å². The average molecular weight is 299 g/mol. The Morgan fingerprint density at radius 1 is 1.29 bits per heavy atom. The van der Waals surface area contributed by atoms with Gasteiger partial charge >= 0.3 is 6.18 Å². The van der Waals surface area contributed by atoms with Gasteiger partial charge in [0.25, 0.3) is 0 Å². The molecule has 1 unspecified atom stereocenters. The minimum atomic E-state index is -4.36. The number of hydrogen-bond donors (Lipinski definition) is 1. The Balaban J connectivity index is 1.81. The van der Waals surface area contributed by atoms with Crippen LogP contribution in [-0.2, 0) is 4.79 Å². The summed E-state index contributed by atoms with van der Waals surface area (Å²) in [6, 6.07) is 5.84. The molecule has 0 spiro atoms. The van der Waals surface area contributed by atoms with E-state index in [1.807, 2.05) is 6.08 Å². The van der Waals surface area contributed by atoms with Crippen molar-refractivity contribution >= 4 is 11.6 Å². The fraction of sp³-hybridized carbons (Fsp3) is 0.400. The number of anilines is 1. The predicted molar refractivity (Wildman–Crippen MR) is 73.1 cm³/mol. The first kappa shape index (κ1) is 15.4. The van der Waals surface area contributed by atoms with Gasteiger partial charge in [0.05, 0.1) is 0 Å². The summed E-state index contributed by atoms with van der Waals surface area (Å²) < 4.78 is 40.6. The zero-order chi connectivity index (χ0) is 15.3. The predicted octanol–water partition coefficient (Wildman–Crippen LogP) is 3.92. The molecule has 3 nitrogen and oxygen atoms in total. The first-order chi connectivity index (χ1) is 9.92. The number of amides is 1.